The molecule has 3 aliphatic rings. The van der Waals surface area contributed by atoms with E-state index in [4.69, 9.17) is 0 Å². The highest BCUT2D eigenvalue weighted by Gasteiger charge is 2.44. The highest BCUT2D eigenvalue weighted by atomic mass is 15.1. The normalized spacial score (nSPS) is 29.9. The van der Waals surface area contributed by atoms with Crippen LogP contribution in [0.1, 0.15) is 69.0 Å². The van der Waals surface area contributed by atoms with Crippen molar-refractivity contribution >= 4 is 0 Å². The van der Waals surface area contributed by atoms with E-state index in [0.717, 1.165) is 0 Å². The van der Waals surface area contributed by atoms with Gasteiger partial charge in [0.05, 0.1) is 0 Å². The predicted molar refractivity (Wildman–Crippen MR) is 76.7 cm³/mol. The molecule has 1 aromatic carbocycles. The van der Waals surface area contributed by atoms with Gasteiger partial charge in [0.2, 0.25) is 0 Å². The molecule has 1 heteroatoms. The van der Waals surface area contributed by atoms with Gasteiger partial charge in [0.25, 0.3) is 0 Å². The molecular formula is C17H25N. The Bertz CT molecular complexity index is 404. The second-order valence-corrected chi connectivity index (χ2v) is 6.19. The summed E-state index contributed by atoms with van der Waals surface area (Å²) in [6, 6.07) is 9.67. The van der Waals surface area contributed by atoms with Crippen LogP contribution >= 0.6 is 0 Å². The predicted octanol–water partition coefficient (Wildman–Crippen LogP) is 4.38. The van der Waals surface area contributed by atoms with Crippen LogP contribution in [0.15, 0.2) is 24.3 Å². The monoisotopic (exact) mass is 243 g/mol. The Morgan fingerprint density at radius 1 is 1.28 bits per heavy atom. The second-order valence-electron chi connectivity index (χ2n) is 6.19. The van der Waals surface area contributed by atoms with Gasteiger partial charge in [-0.3, -0.25) is 0 Å². The summed E-state index contributed by atoms with van der Waals surface area (Å²) in [6.45, 7) is 2.29. The van der Waals surface area contributed by atoms with E-state index in [-0.39, 0.29) is 0 Å². The Hall–Kier alpha value is -0.820. The minimum Gasteiger partial charge on any atom is -0.304 e. The Balaban J connectivity index is 1.70. The van der Waals surface area contributed by atoms with Crippen molar-refractivity contribution in [3.05, 3.63) is 35.4 Å². The molecule has 0 saturated carbocycles. The zero-order valence-electron chi connectivity index (χ0n) is 11.5. The number of aryl methyl sites for hydroxylation is 1. The summed E-state index contributed by atoms with van der Waals surface area (Å²) in [5.41, 5.74) is 3.65. The molecular weight excluding hydrogens is 218 g/mol. The van der Waals surface area contributed by atoms with Crippen LogP contribution in [0.25, 0.3) is 0 Å². The summed E-state index contributed by atoms with van der Waals surface area (Å²) in [5, 5.41) is 3.91. The molecule has 0 spiro atoms. The second kappa shape index (κ2) is 5.05. The molecule has 1 aliphatic carbocycles. The lowest BCUT2D eigenvalue weighted by Crippen LogP contribution is -2.59. The molecule has 0 amide bonds. The number of nitrogens with one attached hydrogen (secondary N) is 1. The molecule has 0 radical (unpaired) electrons. The maximum Gasteiger partial charge on any atom is 0.0345 e. The molecule has 0 aromatic heterocycles. The molecule has 2 unspecified atom stereocenters. The van der Waals surface area contributed by atoms with E-state index in [1.165, 1.54) is 51.4 Å². The van der Waals surface area contributed by atoms with Crippen molar-refractivity contribution in [2.45, 2.75) is 69.9 Å². The van der Waals surface area contributed by atoms with Crippen LogP contribution in [0, 0.1) is 0 Å². The van der Waals surface area contributed by atoms with E-state index in [0.29, 0.717) is 11.6 Å². The van der Waals surface area contributed by atoms with E-state index >= 15 is 0 Å². The van der Waals surface area contributed by atoms with Crippen molar-refractivity contribution in [2.75, 3.05) is 0 Å². The Morgan fingerprint density at radius 3 is 2.94 bits per heavy atom. The maximum absolute atomic E-state index is 3.91. The summed E-state index contributed by atoms with van der Waals surface area (Å²) in [7, 11) is 0. The zero-order valence-corrected chi connectivity index (χ0v) is 11.5. The number of fused-ring (bicyclic) bond motifs is 2. The fourth-order valence-corrected chi connectivity index (χ4v) is 3.83. The molecule has 1 fully saturated rings. The highest BCUT2D eigenvalue weighted by Crippen LogP contribution is 2.45. The van der Waals surface area contributed by atoms with Crippen molar-refractivity contribution in [3.8, 4) is 0 Å². The van der Waals surface area contributed by atoms with Gasteiger partial charge in [0.1, 0.15) is 0 Å². The number of benzene rings is 1. The summed E-state index contributed by atoms with van der Waals surface area (Å²) >= 11 is 0. The van der Waals surface area contributed by atoms with Crippen molar-refractivity contribution in [1.29, 1.82) is 0 Å². The van der Waals surface area contributed by atoms with Crippen molar-refractivity contribution in [3.63, 3.8) is 0 Å². The largest absolute Gasteiger partial charge is 0.304 e. The van der Waals surface area contributed by atoms with Crippen molar-refractivity contribution < 1.29 is 0 Å². The van der Waals surface area contributed by atoms with E-state index < -0.39 is 0 Å². The molecule has 1 saturated heterocycles. The van der Waals surface area contributed by atoms with E-state index in [1.54, 1.807) is 11.1 Å². The standard InChI is InChI=1S/C17H25N/c1-2-3-6-11-17-12-7-9-14-8-4-5-10-15(14)16(13-17)18-17/h4-5,8,10,16,18H,2-3,6-7,9,11-13H2,1H3. The topological polar surface area (TPSA) is 12.0 Å². The number of hydrogen-bond donors (Lipinski definition) is 1. The number of unbranched alkanes of at least 4 members (excludes halogenated alkanes) is 2. The third-order valence-corrected chi connectivity index (χ3v) is 4.87. The highest BCUT2D eigenvalue weighted by molar-refractivity contribution is 5.34. The molecule has 18 heavy (non-hydrogen) atoms. The first-order valence-corrected chi connectivity index (χ1v) is 7.68. The van der Waals surface area contributed by atoms with Gasteiger partial charge in [0, 0.05) is 11.6 Å². The van der Waals surface area contributed by atoms with Gasteiger partial charge in [-0.15, -0.1) is 0 Å². The van der Waals surface area contributed by atoms with Gasteiger partial charge in [-0.1, -0.05) is 50.5 Å². The average Bonchev–Trinajstić information content (AvgIpc) is 2.32. The maximum atomic E-state index is 3.91. The van der Waals surface area contributed by atoms with Crippen LogP contribution in [0.2, 0.25) is 0 Å². The molecule has 2 bridgehead atoms. The zero-order chi connectivity index (χ0) is 12.4. The molecule has 2 heterocycles. The lowest BCUT2D eigenvalue weighted by atomic mass is 9.69. The summed E-state index contributed by atoms with van der Waals surface area (Å²) in [4.78, 5) is 0. The van der Waals surface area contributed by atoms with E-state index in [1.807, 2.05) is 0 Å². The Kier molecular flexibility index (Phi) is 3.43. The summed E-state index contributed by atoms with van der Waals surface area (Å²) in [6.07, 6.45) is 10.9. The van der Waals surface area contributed by atoms with Gasteiger partial charge in [0.15, 0.2) is 0 Å². The van der Waals surface area contributed by atoms with E-state index in [9.17, 15) is 0 Å². The average molecular weight is 243 g/mol. The molecule has 1 N–H and O–H groups in total. The van der Waals surface area contributed by atoms with Crippen LogP contribution in [-0.4, -0.2) is 5.54 Å². The van der Waals surface area contributed by atoms with Crippen LogP contribution in [-0.2, 0) is 6.42 Å². The first-order chi connectivity index (χ1) is 8.83. The molecule has 1 nitrogen and oxygen atoms in total. The first kappa shape index (κ1) is 12.2. The fourth-order valence-electron chi connectivity index (χ4n) is 3.83. The number of hydrogen-bond acceptors (Lipinski definition) is 1. The van der Waals surface area contributed by atoms with Gasteiger partial charge >= 0.3 is 0 Å². The Labute approximate surface area is 111 Å². The smallest absolute Gasteiger partial charge is 0.0345 e. The van der Waals surface area contributed by atoms with Gasteiger partial charge < -0.3 is 5.32 Å². The summed E-state index contributed by atoms with van der Waals surface area (Å²) < 4.78 is 0. The van der Waals surface area contributed by atoms with Crippen molar-refractivity contribution in [2.24, 2.45) is 0 Å². The van der Waals surface area contributed by atoms with Crippen LogP contribution in [0.3, 0.4) is 0 Å². The number of rotatable bonds is 4. The molecule has 2 atom stereocenters. The molecule has 2 aliphatic heterocycles. The Morgan fingerprint density at radius 2 is 2.11 bits per heavy atom. The fraction of sp³-hybridized carbons (Fsp3) is 0.647. The summed E-state index contributed by atoms with van der Waals surface area (Å²) in [5.74, 6) is 0. The molecule has 4 rings (SSSR count). The third kappa shape index (κ3) is 2.21. The quantitative estimate of drug-likeness (QED) is 0.774. The van der Waals surface area contributed by atoms with Crippen LogP contribution in [0.4, 0.5) is 0 Å². The van der Waals surface area contributed by atoms with Crippen LogP contribution in [0.5, 0.6) is 0 Å². The van der Waals surface area contributed by atoms with E-state index in [2.05, 4.69) is 36.5 Å². The molecule has 98 valence electrons. The lowest BCUT2D eigenvalue weighted by Gasteiger charge is -2.52. The van der Waals surface area contributed by atoms with Gasteiger partial charge in [-0.05, 0) is 43.2 Å². The SMILES string of the molecule is CCCCCC12CCCc3ccccc3C(C1)N2. The lowest BCUT2D eigenvalue weighted by molar-refractivity contribution is 0.101. The molecule has 1 aromatic rings. The van der Waals surface area contributed by atoms with Gasteiger partial charge in [-0.25, -0.2) is 0 Å². The van der Waals surface area contributed by atoms with Gasteiger partial charge in [-0.2, -0.15) is 0 Å². The van der Waals surface area contributed by atoms with Crippen molar-refractivity contribution in [1.82, 2.24) is 5.32 Å². The van der Waals surface area contributed by atoms with Crippen LogP contribution < -0.4 is 5.32 Å². The third-order valence-electron chi connectivity index (χ3n) is 4.87. The first-order valence-electron chi connectivity index (χ1n) is 7.68. The minimum absolute atomic E-state index is 0.493. The minimum atomic E-state index is 0.493.